The Morgan fingerprint density at radius 2 is 1.79 bits per heavy atom. The first kappa shape index (κ1) is 16.7. The molecule has 122 valence electrons. The summed E-state index contributed by atoms with van der Waals surface area (Å²) in [6.07, 6.45) is 1.87. The summed E-state index contributed by atoms with van der Waals surface area (Å²) in [4.78, 5) is 15.1. The molecule has 3 nitrogen and oxygen atoms in total. The van der Waals surface area contributed by atoms with Gasteiger partial charge in [-0.25, -0.2) is 0 Å². The number of ether oxygens (including phenoxy) is 1. The minimum Gasteiger partial charge on any atom is -0.497 e. The van der Waals surface area contributed by atoms with Crippen molar-refractivity contribution in [2.24, 2.45) is 0 Å². The van der Waals surface area contributed by atoms with Gasteiger partial charge in [-0.15, -0.1) is 0 Å². The fourth-order valence-electron chi connectivity index (χ4n) is 2.55. The van der Waals surface area contributed by atoms with E-state index in [2.05, 4.69) is 0 Å². The number of rotatable bonds is 4. The van der Waals surface area contributed by atoms with Crippen LogP contribution in [0.5, 0.6) is 5.75 Å². The van der Waals surface area contributed by atoms with Gasteiger partial charge < -0.3 is 4.74 Å². The van der Waals surface area contributed by atoms with Crippen molar-refractivity contribution in [1.82, 2.24) is 4.90 Å². The Bertz CT molecular complexity index is 785. The van der Waals surface area contributed by atoms with Crippen LogP contribution in [0.15, 0.2) is 59.5 Å². The van der Waals surface area contributed by atoms with Crippen LogP contribution in [0.25, 0.3) is 6.08 Å². The molecule has 1 aliphatic heterocycles. The molecule has 3 rings (SSSR count). The minimum atomic E-state index is -0.0829. The van der Waals surface area contributed by atoms with Gasteiger partial charge in [0.1, 0.15) is 10.1 Å². The van der Waals surface area contributed by atoms with Gasteiger partial charge in [0.2, 0.25) is 0 Å². The Morgan fingerprint density at radius 1 is 1.12 bits per heavy atom. The first-order valence-electron chi connectivity index (χ1n) is 7.56. The molecular formula is C19H17NO2S2. The molecule has 5 heteroatoms. The Kier molecular flexibility index (Phi) is 5.02. The lowest BCUT2D eigenvalue weighted by atomic mass is 10.1. The molecule has 1 fully saturated rings. The second kappa shape index (κ2) is 7.20. The highest BCUT2D eigenvalue weighted by Crippen LogP contribution is 2.38. The number of amides is 1. The van der Waals surface area contributed by atoms with Crippen LogP contribution >= 0.6 is 24.0 Å². The number of carbonyl (C=O) groups is 1. The minimum absolute atomic E-state index is 0.0443. The molecular weight excluding hydrogens is 338 g/mol. The molecule has 1 atom stereocenters. The van der Waals surface area contributed by atoms with Crippen LogP contribution in [0.1, 0.15) is 24.1 Å². The lowest BCUT2D eigenvalue weighted by Gasteiger charge is -2.23. The van der Waals surface area contributed by atoms with Gasteiger partial charge in [0.05, 0.1) is 18.1 Å². The van der Waals surface area contributed by atoms with E-state index in [1.165, 1.54) is 11.8 Å². The molecule has 0 aromatic heterocycles. The van der Waals surface area contributed by atoms with Crippen molar-refractivity contribution in [2.45, 2.75) is 13.0 Å². The number of benzene rings is 2. The highest BCUT2D eigenvalue weighted by Gasteiger charge is 2.35. The zero-order valence-electron chi connectivity index (χ0n) is 13.4. The Morgan fingerprint density at radius 3 is 2.42 bits per heavy atom. The third-order valence-corrected chi connectivity index (χ3v) is 5.24. The molecule has 2 aromatic rings. The van der Waals surface area contributed by atoms with Gasteiger partial charge in [0.15, 0.2) is 0 Å². The van der Waals surface area contributed by atoms with E-state index in [1.54, 1.807) is 12.0 Å². The number of nitrogens with zero attached hydrogens (tertiary/aromatic N) is 1. The van der Waals surface area contributed by atoms with Crippen molar-refractivity contribution in [3.63, 3.8) is 0 Å². The number of carbonyl (C=O) groups excluding carboxylic acids is 1. The van der Waals surface area contributed by atoms with E-state index in [4.69, 9.17) is 17.0 Å². The Hall–Kier alpha value is -2.11. The Labute approximate surface area is 151 Å². The molecule has 24 heavy (non-hydrogen) atoms. The summed E-state index contributed by atoms with van der Waals surface area (Å²) in [6, 6.07) is 17.4. The summed E-state index contributed by atoms with van der Waals surface area (Å²) >= 11 is 6.78. The van der Waals surface area contributed by atoms with E-state index in [-0.39, 0.29) is 11.9 Å². The van der Waals surface area contributed by atoms with Crippen molar-refractivity contribution in [1.29, 1.82) is 0 Å². The fraction of sp³-hybridized carbons (Fsp3) is 0.158. The molecule has 1 aliphatic rings. The maximum absolute atomic E-state index is 12.8. The van der Waals surface area contributed by atoms with E-state index in [0.29, 0.717) is 9.23 Å². The first-order chi connectivity index (χ1) is 11.6. The van der Waals surface area contributed by atoms with Gasteiger partial charge in [-0.1, -0.05) is 66.4 Å². The molecule has 0 aliphatic carbocycles. The Balaban J connectivity index is 1.84. The van der Waals surface area contributed by atoms with Crippen LogP contribution in [0, 0.1) is 0 Å². The monoisotopic (exact) mass is 355 g/mol. The van der Waals surface area contributed by atoms with E-state index < -0.39 is 0 Å². The fourth-order valence-corrected chi connectivity index (χ4v) is 3.96. The molecule has 0 saturated carbocycles. The van der Waals surface area contributed by atoms with Crippen molar-refractivity contribution < 1.29 is 9.53 Å². The summed E-state index contributed by atoms with van der Waals surface area (Å²) < 4.78 is 5.75. The number of thiocarbonyl (C=S) groups is 1. The standard InChI is InChI=1S/C19H17NO2S2/c1-13(15-6-4-3-5-7-15)20-18(21)17(24-19(20)23)12-14-8-10-16(22-2)11-9-14/h3-13H,1-2H3. The van der Waals surface area contributed by atoms with E-state index in [1.807, 2.05) is 67.6 Å². The van der Waals surface area contributed by atoms with Crippen molar-refractivity contribution >= 4 is 40.3 Å². The highest BCUT2D eigenvalue weighted by atomic mass is 32.2. The zero-order valence-corrected chi connectivity index (χ0v) is 15.1. The van der Waals surface area contributed by atoms with Crippen LogP contribution < -0.4 is 4.74 Å². The van der Waals surface area contributed by atoms with Crippen LogP contribution in [0.3, 0.4) is 0 Å². The topological polar surface area (TPSA) is 29.5 Å². The van der Waals surface area contributed by atoms with Crippen molar-refractivity contribution in [3.8, 4) is 5.75 Å². The van der Waals surface area contributed by atoms with Crippen molar-refractivity contribution in [3.05, 3.63) is 70.6 Å². The maximum Gasteiger partial charge on any atom is 0.266 e. The lowest BCUT2D eigenvalue weighted by molar-refractivity contribution is -0.123. The summed E-state index contributed by atoms with van der Waals surface area (Å²) in [6.45, 7) is 2.00. The van der Waals surface area contributed by atoms with E-state index in [9.17, 15) is 4.79 Å². The number of thioether (sulfide) groups is 1. The molecule has 0 radical (unpaired) electrons. The molecule has 0 spiro atoms. The normalized spacial score (nSPS) is 17.4. The number of hydrogen-bond acceptors (Lipinski definition) is 4. The molecule has 0 bridgehead atoms. The van der Waals surface area contributed by atoms with Crippen LogP contribution in [-0.2, 0) is 4.79 Å². The van der Waals surface area contributed by atoms with E-state index >= 15 is 0 Å². The third kappa shape index (κ3) is 3.37. The van der Waals surface area contributed by atoms with Gasteiger partial charge in [0, 0.05) is 0 Å². The smallest absolute Gasteiger partial charge is 0.266 e. The second-order valence-corrected chi connectivity index (χ2v) is 7.09. The largest absolute Gasteiger partial charge is 0.497 e. The van der Waals surface area contributed by atoms with Gasteiger partial charge in [-0.2, -0.15) is 0 Å². The summed E-state index contributed by atoms with van der Waals surface area (Å²) in [7, 11) is 1.63. The highest BCUT2D eigenvalue weighted by molar-refractivity contribution is 8.26. The average molecular weight is 355 g/mol. The first-order valence-corrected chi connectivity index (χ1v) is 8.78. The number of methoxy groups -OCH3 is 1. The van der Waals surface area contributed by atoms with Crippen LogP contribution in [0.4, 0.5) is 0 Å². The summed E-state index contributed by atoms with van der Waals surface area (Å²) in [5, 5.41) is 0. The molecule has 1 heterocycles. The quantitative estimate of drug-likeness (QED) is 0.589. The maximum atomic E-state index is 12.8. The second-order valence-electron chi connectivity index (χ2n) is 5.41. The summed E-state index contributed by atoms with van der Waals surface area (Å²) in [5.74, 6) is 0.745. The van der Waals surface area contributed by atoms with Crippen LogP contribution in [-0.4, -0.2) is 22.2 Å². The van der Waals surface area contributed by atoms with Gasteiger partial charge in [0.25, 0.3) is 5.91 Å². The predicted molar refractivity (Wildman–Crippen MR) is 103 cm³/mol. The molecule has 1 amide bonds. The lowest BCUT2D eigenvalue weighted by Crippen LogP contribution is -2.30. The zero-order chi connectivity index (χ0) is 17.1. The van der Waals surface area contributed by atoms with Gasteiger partial charge in [-0.05, 0) is 36.3 Å². The molecule has 0 N–H and O–H groups in total. The predicted octanol–water partition coefficient (Wildman–Crippen LogP) is 4.66. The third-order valence-electron chi connectivity index (χ3n) is 3.91. The molecule has 1 unspecified atom stereocenters. The van der Waals surface area contributed by atoms with Gasteiger partial charge >= 0.3 is 0 Å². The number of hydrogen-bond donors (Lipinski definition) is 0. The van der Waals surface area contributed by atoms with Gasteiger partial charge in [-0.3, -0.25) is 9.69 Å². The van der Waals surface area contributed by atoms with E-state index in [0.717, 1.165) is 16.9 Å². The average Bonchev–Trinajstić information content (AvgIpc) is 2.89. The van der Waals surface area contributed by atoms with Crippen LogP contribution in [0.2, 0.25) is 0 Å². The molecule has 2 aromatic carbocycles. The molecule has 1 saturated heterocycles. The van der Waals surface area contributed by atoms with Crippen molar-refractivity contribution in [2.75, 3.05) is 7.11 Å². The summed E-state index contributed by atoms with van der Waals surface area (Å²) in [5.41, 5.74) is 2.02. The SMILES string of the molecule is COc1ccc(C=C2SC(=S)N(C(C)c3ccccc3)C2=O)cc1.